The highest BCUT2D eigenvalue weighted by Gasteiger charge is 2.09. The molecule has 1 N–H and O–H groups in total. The van der Waals surface area contributed by atoms with Gasteiger partial charge in [0.1, 0.15) is 17.4 Å². The van der Waals surface area contributed by atoms with Crippen LogP contribution in [-0.2, 0) is 11.3 Å². The third-order valence-corrected chi connectivity index (χ3v) is 2.92. The van der Waals surface area contributed by atoms with E-state index < -0.39 is 0 Å². The van der Waals surface area contributed by atoms with E-state index in [1.807, 2.05) is 31.3 Å². The third-order valence-electron chi connectivity index (χ3n) is 2.92. The molecular weight excluding hydrogens is 266 g/mol. The number of hydrogen-bond acceptors (Lipinski definition) is 5. The zero-order valence-electron chi connectivity index (χ0n) is 12.9. The number of aromatic nitrogens is 2. The molecule has 21 heavy (non-hydrogen) atoms. The molecule has 2 aromatic rings. The Labute approximate surface area is 125 Å². The maximum absolute atomic E-state index is 5.85. The van der Waals surface area contributed by atoms with Crippen LogP contribution in [0.2, 0.25) is 0 Å². The van der Waals surface area contributed by atoms with Gasteiger partial charge in [0, 0.05) is 26.1 Å². The van der Waals surface area contributed by atoms with Crippen molar-refractivity contribution >= 4 is 5.82 Å². The van der Waals surface area contributed by atoms with E-state index in [-0.39, 0.29) is 5.92 Å². The fourth-order valence-corrected chi connectivity index (χ4v) is 1.87. The van der Waals surface area contributed by atoms with Crippen LogP contribution in [0, 0.1) is 0 Å². The number of benzene rings is 1. The Hall–Kier alpha value is -2.14. The van der Waals surface area contributed by atoms with Crippen molar-refractivity contribution in [3.8, 4) is 11.6 Å². The summed E-state index contributed by atoms with van der Waals surface area (Å²) in [5.74, 6) is 3.01. The average Bonchev–Trinajstić information content (AvgIpc) is 2.47. The van der Waals surface area contributed by atoms with E-state index in [2.05, 4.69) is 29.1 Å². The minimum Gasteiger partial charge on any atom is -0.439 e. The van der Waals surface area contributed by atoms with E-state index in [1.54, 1.807) is 13.2 Å². The number of hydrogen-bond donors (Lipinski definition) is 1. The van der Waals surface area contributed by atoms with Crippen molar-refractivity contribution in [1.29, 1.82) is 0 Å². The first-order valence-electron chi connectivity index (χ1n) is 6.95. The highest BCUT2D eigenvalue weighted by atomic mass is 16.5. The molecule has 0 aliphatic rings. The van der Waals surface area contributed by atoms with Crippen molar-refractivity contribution in [3.05, 3.63) is 41.7 Å². The lowest BCUT2D eigenvalue weighted by Crippen LogP contribution is -2.03. The summed E-state index contributed by atoms with van der Waals surface area (Å²) in [6, 6.07) is 9.56. The van der Waals surface area contributed by atoms with Crippen molar-refractivity contribution in [1.82, 2.24) is 9.97 Å². The van der Waals surface area contributed by atoms with Crippen LogP contribution in [0.4, 0.5) is 5.82 Å². The first-order chi connectivity index (χ1) is 10.1. The van der Waals surface area contributed by atoms with E-state index in [0.717, 1.165) is 23.0 Å². The second-order valence-electron chi connectivity index (χ2n) is 5.04. The van der Waals surface area contributed by atoms with Gasteiger partial charge in [0.2, 0.25) is 5.88 Å². The molecule has 0 aliphatic carbocycles. The summed E-state index contributed by atoms with van der Waals surface area (Å²) in [5.41, 5.74) is 1.06. The number of ether oxygens (including phenoxy) is 2. The van der Waals surface area contributed by atoms with Crippen LogP contribution in [0.5, 0.6) is 11.6 Å². The molecule has 0 fully saturated rings. The molecule has 0 spiro atoms. The van der Waals surface area contributed by atoms with Crippen molar-refractivity contribution < 1.29 is 9.47 Å². The van der Waals surface area contributed by atoms with Crippen LogP contribution < -0.4 is 10.1 Å². The number of anilines is 1. The third kappa shape index (κ3) is 4.16. The lowest BCUT2D eigenvalue weighted by molar-refractivity contribution is 0.184. The highest BCUT2D eigenvalue weighted by molar-refractivity contribution is 5.40. The van der Waals surface area contributed by atoms with Gasteiger partial charge in [0.05, 0.1) is 6.61 Å². The first-order valence-corrected chi connectivity index (χ1v) is 6.95. The van der Waals surface area contributed by atoms with Gasteiger partial charge in [0.15, 0.2) is 0 Å². The SMILES string of the molecule is CNc1cc(Oc2cccc(COC)c2)nc(C(C)C)n1. The minimum absolute atomic E-state index is 0.237. The Balaban J connectivity index is 2.26. The Bertz CT molecular complexity index is 600. The Morgan fingerprint density at radius 2 is 2.00 bits per heavy atom. The molecule has 1 aromatic heterocycles. The monoisotopic (exact) mass is 287 g/mol. The fraction of sp³-hybridized carbons (Fsp3) is 0.375. The van der Waals surface area contributed by atoms with E-state index >= 15 is 0 Å². The molecular formula is C16H21N3O2. The summed E-state index contributed by atoms with van der Waals surface area (Å²) in [6.07, 6.45) is 0. The van der Waals surface area contributed by atoms with E-state index in [1.165, 1.54) is 0 Å². The van der Waals surface area contributed by atoms with Gasteiger partial charge in [-0.25, -0.2) is 4.98 Å². The van der Waals surface area contributed by atoms with Crippen LogP contribution in [0.3, 0.4) is 0 Å². The van der Waals surface area contributed by atoms with Gasteiger partial charge in [-0.2, -0.15) is 4.98 Å². The molecule has 0 bridgehead atoms. The first kappa shape index (κ1) is 15.3. The fourth-order valence-electron chi connectivity index (χ4n) is 1.87. The van der Waals surface area contributed by atoms with E-state index in [4.69, 9.17) is 9.47 Å². The maximum atomic E-state index is 5.85. The summed E-state index contributed by atoms with van der Waals surface area (Å²) in [7, 11) is 3.50. The van der Waals surface area contributed by atoms with Crippen LogP contribution in [-0.4, -0.2) is 24.1 Å². The number of nitrogens with zero attached hydrogens (tertiary/aromatic N) is 2. The number of rotatable bonds is 6. The second kappa shape index (κ2) is 7.04. The van der Waals surface area contributed by atoms with Crippen molar-refractivity contribution in [2.24, 2.45) is 0 Å². The molecule has 0 unspecified atom stereocenters. The molecule has 0 amide bonds. The molecule has 0 saturated carbocycles. The molecule has 5 nitrogen and oxygen atoms in total. The lowest BCUT2D eigenvalue weighted by atomic mass is 10.2. The smallest absolute Gasteiger partial charge is 0.224 e. The van der Waals surface area contributed by atoms with E-state index in [0.29, 0.717) is 12.5 Å². The summed E-state index contributed by atoms with van der Waals surface area (Å²) in [4.78, 5) is 8.87. The van der Waals surface area contributed by atoms with Crippen molar-refractivity contribution in [2.45, 2.75) is 26.4 Å². The Kier molecular flexibility index (Phi) is 5.11. The molecule has 1 aromatic carbocycles. The number of methoxy groups -OCH3 is 1. The van der Waals surface area contributed by atoms with Crippen LogP contribution in [0.1, 0.15) is 31.2 Å². The molecule has 1 heterocycles. The van der Waals surface area contributed by atoms with Crippen LogP contribution in [0.15, 0.2) is 30.3 Å². The van der Waals surface area contributed by atoms with Gasteiger partial charge < -0.3 is 14.8 Å². The zero-order chi connectivity index (χ0) is 15.2. The van der Waals surface area contributed by atoms with Gasteiger partial charge >= 0.3 is 0 Å². The summed E-state index contributed by atoms with van der Waals surface area (Å²) < 4.78 is 11.0. The largest absolute Gasteiger partial charge is 0.439 e. The maximum Gasteiger partial charge on any atom is 0.224 e. The van der Waals surface area contributed by atoms with Crippen molar-refractivity contribution in [2.75, 3.05) is 19.5 Å². The zero-order valence-corrected chi connectivity index (χ0v) is 12.9. The van der Waals surface area contributed by atoms with Gasteiger partial charge in [-0.15, -0.1) is 0 Å². The van der Waals surface area contributed by atoms with E-state index in [9.17, 15) is 0 Å². The molecule has 0 radical (unpaired) electrons. The Morgan fingerprint density at radius 3 is 2.67 bits per heavy atom. The molecule has 0 atom stereocenters. The predicted molar refractivity (Wildman–Crippen MR) is 82.9 cm³/mol. The highest BCUT2D eigenvalue weighted by Crippen LogP contribution is 2.24. The van der Waals surface area contributed by atoms with Crippen LogP contribution >= 0.6 is 0 Å². The summed E-state index contributed by atoms with van der Waals surface area (Å²) in [6.45, 7) is 4.66. The molecule has 2 rings (SSSR count). The Morgan fingerprint density at radius 1 is 1.19 bits per heavy atom. The molecule has 112 valence electrons. The molecule has 5 heteroatoms. The normalized spacial score (nSPS) is 10.7. The quantitative estimate of drug-likeness (QED) is 0.880. The van der Waals surface area contributed by atoms with Gasteiger partial charge in [-0.3, -0.25) is 0 Å². The van der Waals surface area contributed by atoms with Crippen molar-refractivity contribution in [3.63, 3.8) is 0 Å². The van der Waals surface area contributed by atoms with Crippen LogP contribution in [0.25, 0.3) is 0 Å². The lowest BCUT2D eigenvalue weighted by Gasteiger charge is -2.11. The minimum atomic E-state index is 0.237. The molecule has 0 saturated heterocycles. The van der Waals surface area contributed by atoms with Gasteiger partial charge in [-0.05, 0) is 17.7 Å². The predicted octanol–water partition coefficient (Wildman–Crippen LogP) is 3.58. The second-order valence-corrected chi connectivity index (χ2v) is 5.04. The molecule has 0 aliphatic heterocycles. The van der Waals surface area contributed by atoms with Gasteiger partial charge in [-0.1, -0.05) is 26.0 Å². The summed E-state index contributed by atoms with van der Waals surface area (Å²) >= 11 is 0. The topological polar surface area (TPSA) is 56.3 Å². The standard InChI is InChI=1S/C16H21N3O2/c1-11(2)16-18-14(17-3)9-15(19-16)21-13-7-5-6-12(8-13)10-20-4/h5-9,11H,10H2,1-4H3,(H,17,18,19). The number of nitrogens with one attached hydrogen (secondary N) is 1. The van der Waals surface area contributed by atoms with Gasteiger partial charge in [0.25, 0.3) is 0 Å². The average molecular weight is 287 g/mol. The summed E-state index contributed by atoms with van der Waals surface area (Å²) in [5, 5.41) is 3.03.